The summed E-state index contributed by atoms with van der Waals surface area (Å²) in [6.07, 6.45) is 1.03. The Labute approximate surface area is 97.2 Å². The molecule has 0 heterocycles. The Morgan fingerprint density at radius 3 is 1.29 bits per heavy atom. The Hall–Kier alpha value is -0.963. The number of hydrogen-bond acceptors (Lipinski definition) is 0. The summed E-state index contributed by atoms with van der Waals surface area (Å²) in [5.74, 6) is 0. The molecular weight excluding hydrogens is 163 g/mol. The summed E-state index contributed by atoms with van der Waals surface area (Å²) in [5, 5.41) is 0. The molecule has 0 aliphatic carbocycles. The van der Waals surface area contributed by atoms with Crippen LogP contribution in [0.15, 0.2) is 60.7 Å². The van der Waals surface area contributed by atoms with Gasteiger partial charge >= 0.3 is 18.9 Å². The predicted octanol–water partition coefficient (Wildman–Crippen LogP) is 0.281. The molecule has 0 saturated carbocycles. The number of hydrogen-bond donors (Lipinski definition) is 0. The van der Waals surface area contributed by atoms with E-state index in [1.54, 1.807) is 0 Å². The van der Waals surface area contributed by atoms with Gasteiger partial charge in [0.05, 0.1) is 0 Å². The van der Waals surface area contributed by atoms with Crippen molar-refractivity contribution in [1.82, 2.24) is 0 Å². The monoisotopic (exact) mass is 175 g/mol. The first-order valence-corrected chi connectivity index (χ1v) is 4.53. The molecule has 0 nitrogen and oxygen atoms in total. The van der Waals surface area contributed by atoms with Crippen LogP contribution in [0, 0.1) is 0 Å². The van der Waals surface area contributed by atoms with Crippen molar-refractivity contribution < 1.29 is 18.9 Å². The van der Waals surface area contributed by atoms with Gasteiger partial charge in [-0.2, -0.15) is 0 Å². The fourth-order valence-corrected chi connectivity index (χ4v) is 1.43. The zero-order chi connectivity index (χ0) is 8.93. The smallest absolute Gasteiger partial charge is 0.0622 e. The summed E-state index contributed by atoms with van der Waals surface area (Å²) in [6, 6.07) is 21.1. The molecule has 0 aliphatic heterocycles. The third-order valence-electron chi connectivity index (χ3n) is 2.09. The second kappa shape index (κ2) is 5.70. The van der Waals surface area contributed by atoms with E-state index >= 15 is 0 Å². The molecule has 0 bridgehead atoms. The molecule has 2 rings (SSSR count). The minimum Gasteiger partial charge on any atom is -0.0622 e. The maximum absolute atomic E-state index is 2.16. The molecule has 0 aliphatic rings. The molecule has 64 valence electrons. The van der Waals surface area contributed by atoms with Crippen LogP contribution in [0.3, 0.4) is 0 Å². The molecule has 0 fully saturated rings. The zero-order valence-electron chi connectivity index (χ0n) is 8.48. The van der Waals surface area contributed by atoms with Gasteiger partial charge in [0.1, 0.15) is 0 Å². The van der Waals surface area contributed by atoms with Crippen molar-refractivity contribution in [2.45, 2.75) is 6.42 Å². The molecule has 0 atom stereocenters. The summed E-state index contributed by atoms with van der Waals surface area (Å²) in [6.45, 7) is 0. The quantitative estimate of drug-likeness (QED) is 0.575. The standard InChI is InChI=1S/C13H12.Li/c1-3-7-12(8-4-1)11-13-9-5-2-6-10-13;/h1-10H,11H2;/q;+1. The van der Waals surface area contributed by atoms with Crippen LogP contribution in [0.1, 0.15) is 11.1 Å². The van der Waals surface area contributed by atoms with Crippen LogP contribution in [-0.4, -0.2) is 0 Å². The van der Waals surface area contributed by atoms with Gasteiger partial charge in [-0.05, 0) is 17.5 Å². The molecule has 2 aromatic carbocycles. The van der Waals surface area contributed by atoms with E-state index in [0.717, 1.165) is 6.42 Å². The minimum absolute atomic E-state index is 0. The molecule has 0 amide bonds. The van der Waals surface area contributed by atoms with Gasteiger partial charge in [0.25, 0.3) is 0 Å². The molecular formula is C13H12Li+. The van der Waals surface area contributed by atoms with Crippen LogP contribution in [0.4, 0.5) is 0 Å². The first kappa shape index (κ1) is 11.1. The van der Waals surface area contributed by atoms with Gasteiger partial charge in [0, 0.05) is 0 Å². The number of benzene rings is 2. The van der Waals surface area contributed by atoms with Crippen LogP contribution >= 0.6 is 0 Å². The summed E-state index contributed by atoms with van der Waals surface area (Å²) in [4.78, 5) is 0. The van der Waals surface area contributed by atoms with Crippen molar-refractivity contribution in [1.29, 1.82) is 0 Å². The molecule has 0 saturated heterocycles. The average molecular weight is 175 g/mol. The van der Waals surface area contributed by atoms with E-state index in [9.17, 15) is 0 Å². The third-order valence-corrected chi connectivity index (χ3v) is 2.09. The van der Waals surface area contributed by atoms with Crippen molar-refractivity contribution in [3.63, 3.8) is 0 Å². The van der Waals surface area contributed by atoms with Crippen molar-refractivity contribution in [2.75, 3.05) is 0 Å². The topological polar surface area (TPSA) is 0 Å². The minimum atomic E-state index is 0. The van der Waals surface area contributed by atoms with E-state index in [0.29, 0.717) is 0 Å². The van der Waals surface area contributed by atoms with E-state index in [1.807, 2.05) is 0 Å². The van der Waals surface area contributed by atoms with E-state index in [-0.39, 0.29) is 18.9 Å². The van der Waals surface area contributed by atoms with Crippen LogP contribution in [0.25, 0.3) is 0 Å². The van der Waals surface area contributed by atoms with Gasteiger partial charge in [-0.15, -0.1) is 0 Å². The second-order valence-corrected chi connectivity index (χ2v) is 3.15. The Morgan fingerprint density at radius 2 is 0.929 bits per heavy atom. The van der Waals surface area contributed by atoms with E-state index in [4.69, 9.17) is 0 Å². The summed E-state index contributed by atoms with van der Waals surface area (Å²) >= 11 is 0. The first-order chi connectivity index (χ1) is 6.45. The first-order valence-electron chi connectivity index (χ1n) is 4.53. The van der Waals surface area contributed by atoms with Crippen molar-refractivity contribution in [2.24, 2.45) is 0 Å². The molecule has 0 unspecified atom stereocenters. The predicted molar refractivity (Wildman–Crippen MR) is 55.7 cm³/mol. The van der Waals surface area contributed by atoms with E-state index < -0.39 is 0 Å². The summed E-state index contributed by atoms with van der Waals surface area (Å²) < 4.78 is 0. The Balaban J connectivity index is 0.000000980. The normalized spacial score (nSPS) is 9.14. The van der Waals surface area contributed by atoms with Crippen molar-refractivity contribution >= 4 is 0 Å². The maximum Gasteiger partial charge on any atom is 1.00 e. The Bertz CT molecular complexity index is 316. The van der Waals surface area contributed by atoms with Gasteiger partial charge in [0.15, 0.2) is 0 Å². The molecule has 0 N–H and O–H groups in total. The van der Waals surface area contributed by atoms with Gasteiger partial charge < -0.3 is 0 Å². The zero-order valence-corrected chi connectivity index (χ0v) is 8.48. The van der Waals surface area contributed by atoms with Crippen LogP contribution in [0.2, 0.25) is 0 Å². The Morgan fingerprint density at radius 1 is 0.571 bits per heavy atom. The maximum atomic E-state index is 2.16. The van der Waals surface area contributed by atoms with Crippen molar-refractivity contribution in [3.8, 4) is 0 Å². The molecule has 1 heteroatoms. The molecule has 0 aromatic heterocycles. The summed E-state index contributed by atoms with van der Waals surface area (Å²) in [5.41, 5.74) is 2.74. The van der Waals surface area contributed by atoms with Crippen LogP contribution < -0.4 is 18.9 Å². The Kier molecular flexibility index (Phi) is 4.53. The van der Waals surface area contributed by atoms with Crippen LogP contribution in [-0.2, 0) is 6.42 Å². The second-order valence-electron chi connectivity index (χ2n) is 3.15. The molecule has 0 spiro atoms. The fraction of sp³-hybridized carbons (Fsp3) is 0.0769. The van der Waals surface area contributed by atoms with E-state index in [2.05, 4.69) is 60.7 Å². The third kappa shape index (κ3) is 3.07. The van der Waals surface area contributed by atoms with Crippen molar-refractivity contribution in [3.05, 3.63) is 71.8 Å². The molecule has 14 heavy (non-hydrogen) atoms. The van der Waals surface area contributed by atoms with E-state index in [1.165, 1.54) is 11.1 Å². The molecule has 2 aromatic rings. The van der Waals surface area contributed by atoms with Gasteiger partial charge in [-0.25, -0.2) is 0 Å². The van der Waals surface area contributed by atoms with Crippen LogP contribution in [0.5, 0.6) is 0 Å². The summed E-state index contributed by atoms with van der Waals surface area (Å²) in [7, 11) is 0. The number of rotatable bonds is 2. The van der Waals surface area contributed by atoms with Gasteiger partial charge in [0.2, 0.25) is 0 Å². The van der Waals surface area contributed by atoms with Gasteiger partial charge in [-0.3, -0.25) is 0 Å². The molecule has 0 radical (unpaired) electrons. The largest absolute Gasteiger partial charge is 1.00 e. The van der Waals surface area contributed by atoms with Gasteiger partial charge in [-0.1, -0.05) is 60.7 Å². The SMILES string of the molecule is [Li+].c1ccc(Cc2ccccc2)cc1. The fourth-order valence-electron chi connectivity index (χ4n) is 1.43. The average Bonchev–Trinajstić information content (AvgIpc) is 2.21.